The molecule has 16 heavy (non-hydrogen) atoms. The highest BCUT2D eigenvalue weighted by Crippen LogP contribution is 2.15. The van der Waals surface area contributed by atoms with Crippen molar-refractivity contribution in [3.05, 3.63) is 0 Å². The van der Waals surface area contributed by atoms with E-state index in [1.807, 2.05) is 4.90 Å². The Bertz CT molecular complexity index is 200. The fourth-order valence-corrected chi connectivity index (χ4v) is 1.91. The van der Waals surface area contributed by atoms with Gasteiger partial charge in [-0.05, 0) is 38.3 Å². The van der Waals surface area contributed by atoms with Gasteiger partial charge in [0, 0.05) is 19.6 Å². The van der Waals surface area contributed by atoms with E-state index in [1.54, 1.807) is 0 Å². The number of carbonyl (C=O) groups is 1. The summed E-state index contributed by atoms with van der Waals surface area (Å²) in [6.07, 6.45) is 3.29. The Morgan fingerprint density at radius 3 is 2.62 bits per heavy atom. The van der Waals surface area contributed by atoms with E-state index in [0.717, 1.165) is 57.9 Å². The average Bonchev–Trinajstić information content (AvgIpc) is 2.29. The molecule has 0 aliphatic carbocycles. The van der Waals surface area contributed by atoms with Crippen LogP contribution in [0.4, 0.5) is 4.79 Å². The van der Waals surface area contributed by atoms with Crippen molar-refractivity contribution in [3.8, 4) is 0 Å². The van der Waals surface area contributed by atoms with E-state index in [9.17, 15) is 4.79 Å². The summed E-state index contributed by atoms with van der Waals surface area (Å²) in [5.74, 6) is 0.776. The minimum Gasteiger partial charge on any atom is -0.338 e. The Balaban J connectivity index is 2.06. The van der Waals surface area contributed by atoms with Crippen molar-refractivity contribution in [2.45, 2.75) is 33.1 Å². The van der Waals surface area contributed by atoms with Crippen LogP contribution >= 0.6 is 0 Å². The molecule has 1 aliphatic heterocycles. The number of piperidine rings is 1. The van der Waals surface area contributed by atoms with Gasteiger partial charge >= 0.3 is 6.03 Å². The summed E-state index contributed by atoms with van der Waals surface area (Å²) in [6.45, 7) is 8.93. The summed E-state index contributed by atoms with van der Waals surface area (Å²) < 4.78 is 0. The van der Waals surface area contributed by atoms with Gasteiger partial charge in [0.05, 0.1) is 0 Å². The molecule has 4 nitrogen and oxygen atoms in total. The molecule has 2 amide bonds. The Morgan fingerprint density at radius 1 is 1.31 bits per heavy atom. The molecular formula is C12H25N3O. The largest absolute Gasteiger partial charge is 0.338 e. The van der Waals surface area contributed by atoms with Crippen molar-refractivity contribution in [1.82, 2.24) is 15.5 Å². The van der Waals surface area contributed by atoms with Crippen LogP contribution in [0, 0.1) is 5.92 Å². The molecule has 0 saturated carbocycles. The van der Waals surface area contributed by atoms with Crippen LogP contribution in [0.5, 0.6) is 0 Å². The van der Waals surface area contributed by atoms with Crippen LogP contribution in [-0.2, 0) is 0 Å². The first-order valence-electron chi connectivity index (χ1n) is 6.47. The van der Waals surface area contributed by atoms with E-state index >= 15 is 0 Å². The summed E-state index contributed by atoms with van der Waals surface area (Å²) in [5.41, 5.74) is 0. The summed E-state index contributed by atoms with van der Waals surface area (Å²) >= 11 is 0. The van der Waals surface area contributed by atoms with Crippen LogP contribution in [-0.4, -0.2) is 43.7 Å². The van der Waals surface area contributed by atoms with Crippen molar-refractivity contribution >= 4 is 6.03 Å². The highest BCUT2D eigenvalue weighted by molar-refractivity contribution is 5.74. The predicted octanol–water partition coefficient (Wildman–Crippen LogP) is 1.43. The van der Waals surface area contributed by atoms with Crippen molar-refractivity contribution in [1.29, 1.82) is 0 Å². The number of carbonyl (C=O) groups excluding carboxylic acids is 1. The van der Waals surface area contributed by atoms with Gasteiger partial charge in [-0.25, -0.2) is 4.79 Å². The quantitative estimate of drug-likeness (QED) is 0.698. The monoisotopic (exact) mass is 227 g/mol. The predicted molar refractivity (Wildman–Crippen MR) is 66.5 cm³/mol. The van der Waals surface area contributed by atoms with Crippen molar-refractivity contribution in [3.63, 3.8) is 0 Å². The maximum Gasteiger partial charge on any atom is 0.317 e. The lowest BCUT2D eigenvalue weighted by Gasteiger charge is -2.30. The summed E-state index contributed by atoms with van der Waals surface area (Å²) in [6, 6.07) is 0.114. The van der Waals surface area contributed by atoms with E-state index in [1.165, 1.54) is 0 Å². The van der Waals surface area contributed by atoms with Gasteiger partial charge in [0.2, 0.25) is 0 Å². The number of urea groups is 1. The van der Waals surface area contributed by atoms with Crippen LogP contribution < -0.4 is 10.6 Å². The zero-order chi connectivity index (χ0) is 11.8. The Kier molecular flexibility index (Phi) is 6.23. The molecule has 1 aliphatic rings. The lowest BCUT2D eigenvalue weighted by atomic mass is 10.00. The number of nitrogens with zero attached hydrogens (tertiary/aromatic N) is 1. The third-order valence-corrected chi connectivity index (χ3v) is 3.13. The number of hydrogen-bond donors (Lipinski definition) is 2. The molecule has 0 atom stereocenters. The van der Waals surface area contributed by atoms with Crippen LogP contribution in [0.25, 0.3) is 0 Å². The standard InChI is InChI=1S/C12H25N3O/c1-3-13-7-4-8-14-12(16)15-9-5-11(2)6-10-15/h11,13H,3-10H2,1-2H3,(H,14,16). The third kappa shape index (κ3) is 4.84. The summed E-state index contributed by atoms with van der Waals surface area (Å²) in [5, 5.41) is 6.22. The van der Waals surface area contributed by atoms with E-state index in [2.05, 4.69) is 24.5 Å². The molecule has 0 unspecified atom stereocenters. The first kappa shape index (κ1) is 13.3. The zero-order valence-electron chi connectivity index (χ0n) is 10.6. The molecule has 0 aromatic heterocycles. The number of likely N-dealkylation sites (tertiary alicyclic amines) is 1. The molecule has 0 aromatic carbocycles. The second kappa shape index (κ2) is 7.49. The molecule has 1 fully saturated rings. The average molecular weight is 227 g/mol. The highest BCUT2D eigenvalue weighted by Gasteiger charge is 2.19. The Morgan fingerprint density at radius 2 is 2.00 bits per heavy atom. The first-order chi connectivity index (χ1) is 7.74. The molecule has 1 rings (SSSR count). The number of hydrogen-bond acceptors (Lipinski definition) is 2. The van der Waals surface area contributed by atoms with E-state index in [0.29, 0.717) is 0 Å². The molecule has 2 N–H and O–H groups in total. The topological polar surface area (TPSA) is 44.4 Å². The molecule has 0 spiro atoms. The summed E-state index contributed by atoms with van der Waals surface area (Å²) in [4.78, 5) is 13.7. The van der Waals surface area contributed by atoms with E-state index in [-0.39, 0.29) is 6.03 Å². The molecule has 0 radical (unpaired) electrons. The molecular weight excluding hydrogens is 202 g/mol. The van der Waals surface area contributed by atoms with Gasteiger partial charge in [-0.1, -0.05) is 13.8 Å². The van der Waals surface area contributed by atoms with Gasteiger partial charge in [-0.15, -0.1) is 0 Å². The highest BCUT2D eigenvalue weighted by atomic mass is 16.2. The minimum atomic E-state index is 0.114. The second-order valence-corrected chi connectivity index (χ2v) is 4.61. The second-order valence-electron chi connectivity index (χ2n) is 4.61. The minimum absolute atomic E-state index is 0.114. The van der Waals surface area contributed by atoms with Crippen LogP contribution in [0.15, 0.2) is 0 Å². The number of amides is 2. The van der Waals surface area contributed by atoms with Gasteiger partial charge in [0.1, 0.15) is 0 Å². The van der Waals surface area contributed by atoms with Gasteiger partial charge < -0.3 is 15.5 Å². The number of nitrogens with one attached hydrogen (secondary N) is 2. The SMILES string of the molecule is CCNCCCNC(=O)N1CCC(C)CC1. The van der Waals surface area contributed by atoms with Gasteiger partial charge in [-0.2, -0.15) is 0 Å². The fourth-order valence-electron chi connectivity index (χ4n) is 1.91. The van der Waals surface area contributed by atoms with Gasteiger partial charge in [0.25, 0.3) is 0 Å². The molecule has 94 valence electrons. The smallest absolute Gasteiger partial charge is 0.317 e. The van der Waals surface area contributed by atoms with Crippen LogP contribution in [0.3, 0.4) is 0 Å². The lowest BCUT2D eigenvalue weighted by Crippen LogP contribution is -2.44. The van der Waals surface area contributed by atoms with Crippen molar-refractivity contribution in [2.75, 3.05) is 32.7 Å². The lowest BCUT2D eigenvalue weighted by molar-refractivity contribution is 0.174. The Labute approximate surface area is 98.8 Å². The molecule has 1 heterocycles. The maximum atomic E-state index is 11.7. The number of rotatable bonds is 5. The summed E-state index contributed by atoms with van der Waals surface area (Å²) in [7, 11) is 0. The molecule has 4 heteroatoms. The van der Waals surface area contributed by atoms with Crippen molar-refractivity contribution < 1.29 is 4.79 Å². The van der Waals surface area contributed by atoms with Crippen molar-refractivity contribution in [2.24, 2.45) is 5.92 Å². The molecule has 0 aromatic rings. The van der Waals surface area contributed by atoms with E-state index < -0.39 is 0 Å². The van der Waals surface area contributed by atoms with Gasteiger partial charge in [0.15, 0.2) is 0 Å². The maximum absolute atomic E-state index is 11.7. The zero-order valence-corrected chi connectivity index (χ0v) is 10.6. The van der Waals surface area contributed by atoms with Crippen LogP contribution in [0.2, 0.25) is 0 Å². The Hall–Kier alpha value is -0.770. The van der Waals surface area contributed by atoms with Gasteiger partial charge in [-0.3, -0.25) is 0 Å². The normalized spacial score (nSPS) is 17.5. The molecule has 0 bridgehead atoms. The van der Waals surface area contributed by atoms with Crippen LogP contribution in [0.1, 0.15) is 33.1 Å². The molecule has 1 saturated heterocycles. The fraction of sp³-hybridized carbons (Fsp3) is 0.917. The third-order valence-electron chi connectivity index (χ3n) is 3.13. The first-order valence-corrected chi connectivity index (χ1v) is 6.47. The van der Waals surface area contributed by atoms with E-state index in [4.69, 9.17) is 0 Å².